The molecule has 0 atom stereocenters. The second-order valence-corrected chi connectivity index (χ2v) is 4.10. The van der Waals surface area contributed by atoms with Crippen LogP contribution in [0, 0.1) is 6.92 Å². The molecule has 1 amide bonds. The molecule has 0 aliphatic carbocycles. The number of hydrogen-bond acceptors (Lipinski definition) is 2. The van der Waals surface area contributed by atoms with Gasteiger partial charge in [-0.15, -0.1) is 0 Å². The van der Waals surface area contributed by atoms with Crippen LogP contribution in [0.3, 0.4) is 0 Å². The number of aryl methyl sites for hydroxylation is 1. The number of carbonyl (C=O) groups is 1. The molecule has 0 saturated heterocycles. The highest BCUT2D eigenvalue weighted by molar-refractivity contribution is 5.99. The number of amides is 1. The van der Waals surface area contributed by atoms with Crippen LogP contribution in [0.15, 0.2) is 61.2 Å². The van der Waals surface area contributed by atoms with Crippen molar-refractivity contribution in [3.8, 4) is 11.5 Å². The van der Waals surface area contributed by atoms with E-state index in [1.165, 1.54) is 11.6 Å². The number of hydrogen-bond donors (Lipinski definition) is 1. The Morgan fingerprint density at radius 3 is 2.53 bits per heavy atom. The van der Waals surface area contributed by atoms with Crippen LogP contribution < -0.4 is 10.1 Å². The van der Waals surface area contributed by atoms with Crippen molar-refractivity contribution >= 4 is 11.6 Å². The van der Waals surface area contributed by atoms with Gasteiger partial charge in [0.1, 0.15) is 5.75 Å². The quantitative estimate of drug-likeness (QED) is 0.839. The summed E-state index contributed by atoms with van der Waals surface area (Å²) >= 11 is 0. The van der Waals surface area contributed by atoms with Gasteiger partial charge in [0.05, 0.1) is 5.69 Å². The summed E-state index contributed by atoms with van der Waals surface area (Å²) in [6.45, 7) is 5.44. The maximum atomic E-state index is 11.3. The predicted molar refractivity (Wildman–Crippen MR) is 76.5 cm³/mol. The van der Waals surface area contributed by atoms with Crippen LogP contribution in [-0.2, 0) is 4.79 Å². The van der Waals surface area contributed by atoms with E-state index in [1.807, 2.05) is 43.3 Å². The normalized spacial score (nSPS) is 9.74. The molecule has 3 nitrogen and oxygen atoms in total. The smallest absolute Gasteiger partial charge is 0.247 e. The molecular formula is C16H15NO2. The van der Waals surface area contributed by atoms with Gasteiger partial charge in [0.2, 0.25) is 5.91 Å². The van der Waals surface area contributed by atoms with E-state index in [0.29, 0.717) is 11.4 Å². The number of carbonyl (C=O) groups excluding carboxylic acids is 1. The fourth-order valence-electron chi connectivity index (χ4n) is 1.58. The average molecular weight is 253 g/mol. The maximum Gasteiger partial charge on any atom is 0.247 e. The zero-order valence-corrected chi connectivity index (χ0v) is 10.7. The molecule has 0 aliphatic heterocycles. The molecule has 0 unspecified atom stereocenters. The predicted octanol–water partition coefficient (Wildman–Crippen LogP) is 3.91. The molecule has 2 rings (SSSR count). The van der Waals surface area contributed by atoms with Crippen LogP contribution in [0.2, 0.25) is 0 Å². The summed E-state index contributed by atoms with van der Waals surface area (Å²) in [5.74, 6) is 1.06. The highest BCUT2D eigenvalue weighted by Crippen LogP contribution is 2.29. The Bertz CT molecular complexity index is 588. The monoisotopic (exact) mass is 253 g/mol. The van der Waals surface area contributed by atoms with Crippen molar-refractivity contribution in [3.63, 3.8) is 0 Å². The Hall–Kier alpha value is -2.55. The van der Waals surface area contributed by atoms with Crippen LogP contribution in [0.5, 0.6) is 11.5 Å². The van der Waals surface area contributed by atoms with Crippen molar-refractivity contribution in [3.05, 3.63) is 66.7 Å². The molecule has 0 radical (unpaired) electrons. The molecule has 96 valence electrons. The van der Waals surface area contributed by atoms with Gasteiger partial charge in [-0.25, -0.2) is 0 Å². The highest BCUT2D eigenvalue weighted by atomic mass is 16.5. The summed E-state index contributed by atoms with van der Waals surface area (Å²) in [5.41, 5.74) is 1.79. The van der Waals surface area contributed by atoms with Gasteiger partial charge < -0.3 is 10.1 Å². The molecule has 0 spiro atoms. The third kappa shape index (κ3) is 3.45. The van der Waals surface area contributed by atoms with Crippen LogP contribution in [0.4, 0.5) is 5.69 Å². The van der Waals surface area contributed by atoms with E-state index in [1.54, 1.807) is 12.1 Å². The van der Waals surface area contributed by atoms with E-state index in [4.69, 9.17) is 4.74 Å². The molecule has 1 N–H and O–H groups in total. The Labute approximate surface area is 112 Å². The van der Waals surface area contributed by atoms with Gasteiger partial charge in [0.25, 0.3) is 0 Å². The zero-order valence-electron chi connectivity index (χ0n) is 10.7. The summed E-state index contributed by atoms with van der Waals surface area (Å²) in [4.78, 5) is 11.3. The van der Waals surface area contributed by atoms with Gasteiger partial charge in [0.15, 0.2) is 5.75 Å². The van der Waals surface area contributed by atoms with Gasteiger partial charge in [-0.3, -0.25) is 4.79 Å². The van der Waals surface area contributed by atoms with Gasteiger partial charge in [-0.05, 0) is 37.3 Å². The van der Waals surface area contributed by atoms with Crippen molar-refractivity contribution in [1.29, 1.82) is 0 Å². The van der Waals surface area contributed by atoms with Crippen molar-refractivity contribution in [2.45, 2.75) is 6.92 Å². The van der Waals surface area contributed by atoms with Crippen molar-refractivity contribution in [1.82, 2.24) is 0 Å². The van der Waals surface area contributed by atoms with E-state index >= 15 is 0 Å². The van der Waals surface area contributed by atoms with Crippen LogP contribution in [0.1, 0.15) is 5.56 Å². The Morgan fingerprint density at radius 1 is 1.16 bits per heavy atom. The molecule has 0 aromatic heterocycles. The van der Waals surface area contributed by atoms with Crippen LogP contribution in [-0.4, -0.2) is 5.91 Å². The first-order chi connectivity index (χ1) is 9.19. The lowest BCUT2D eigenvalue weighted by Gasteiger charge is -2.11. The molecule has 2 aromatic rings. The lowest BCUT2D eigenvalue weighted by molar-refractivity contribution is -0.111. The molecule has 0 fully saturated rings. The molecule has 0 heterocycles. The van der Waals surface area contributed by atoms with Crippen LogP contribution in [0.25, 0.3) is 0 Å². The second kappa shape index (κ2) is 5.87. The first-order valence-corrected chi connectivity index (χ1v) is 5.96. The van der Waals surface area contributed by atoms with E-state index < -0.39 is 0 Å². The second-order valence-electron chi connectivity index (χ2n) is 4.10. The minimum Gasteiger partial charge on any atom is -0.455 e. The summed E-state index contributed by atoms with van der Waals surface area (Å²) in [5, 5.41) is 2.71. The third-order valence-electron chi connectivity index (χ3n) is 2.58. The van der Waals surface area contributed by atoms with Gasteiger partial charge >= 0.3 is 0 Å². The maximum absolute atomic E-state index is 11.3. The SMILES string of the molecule is C=CC(=O)Nc1ccccc1Oc1ccc(C)cc1. The fraction of sp³-hybridized carbons (Fsp3) is 0.0625. The van der Waals surface area contributed by atoms with E-state index in [0.717, 1.165) is 5.75 Å². The Kier molecular flexibility index (Phi) is 3.98. The third-order valence-corrected chi connectivity index (χ3v) is 2.58. The van der Waals surface area contributed by atoms with Gasteiger partial charge in [-0.2, -0.15) is 0 Å². The summed E-state index contributed by atoms with van der Waals surface area (Å²) in [6.07, 6.45) is 1.22. The van der Waals surface area contributed by atoms with Crippen molar-refractivity contribution < 1.29 is 9.53 Å². The number of para-hydroxylation sites is 2. The van der Waals surface area contributed by atoms with Gasteiger partial charge in [0, 0.05) is 0 Å². The number of benzene rings is 2. The lowest BCUT2D eigenvalue weighted by Crippen LogP contribution is -2.08. The molecule has 3 heteroatoms. The summed E-state index contributed by atoms with van der Waals surface area (Å²) in [6, 6.07) is 15.0. The van der Waals surface area contributed by atoms with Crippen molar-refractivity contribution in [2.24, 2.45) is 0 Å². The van der Waals surface area contributed by atoms with Gasteiger partial charge in [-0.1, -0.05) is 36.4 Å². The number of ether oxygens (including phenoxy) is 1. The number of anilines is 1. The Balaban J connectivity index is 2.22. The minimum absolute atomic E-state index is 0.264. The lowest BCUT2D eigenvalue weighted by atomic mass is 10.2. The standard InChI is InChI=1S/C16H15NO2/c1-3-16(18)17-14-6-4-5-7-15(14)19-13-10-8-12(2)9-11-13/h3-11H,1H2,2H3,(H,17,18). The van der Waals surface area contributed by atoms with E-state index in [2.05, 4.69) is 11.9 Å². The Morgan fingerprint density at radius 2 is 1.84 bits per heavy atom. The number of rotatable bonds is 4. The largest absolute Gasteiger partial charge is 0.455 e. The first kappa shape index (κ1) is 12.9. The molecule has 2 aromatic carbocycles. The molecule has 0 saturated carbocycles. The van der Waals surface area contributed by atoms with Crippen molar-refractivity contribution in [2.75, 3.05) is 5.32 Å². The minimum atomic E-state index is -0.264. The summed E-state index contributed by atoms with van der Waals surface area (Å²) < 4.78 is 5.76. The summed E-state index contributed by atoms with van der Waals surface area (Å²) in [7, 11) is 0. The van der Waals surface area contributed by atoms with Crippen LogP contribution >= 0.6 is 0 Å². The van der Waals surface area contributed by atoms with E-state index in [-0.39, 0.29) is 5.91 Å². The topological polar surface area (TPSA) is 38.3 Å². The van der Waals surface area contributed by atoms with E-state index in [9.17, 15) is 4.79 Å². The molecule has 19 heavy (non-hydrogen) atoms. The first-order valence-electron chi connectivity index (χ1n) is 5.96. The average Bonchev–Trinajstić information content (AvgIpc) is 2.43. The zero-order chi connectivity index (χ0) is 13.7. The number of nitrogens with one attached hydrogen (secondary N) is 1. The molecule has 0 aliphatic rings. The fourth-order valence-corrected chi connectivity index (χ4v) is 1.58. The molecule has 0 bridgehead atoms. The highest BCUT2D eigenvalue weighted by Gasteiger charge is 2.06. The molecular weight excluding hydrogens is 238 g/mol.